The van der Waals surface area contributed by atoms with Crippen LogP contribution in [0.4, 0.5) is 9.93 Å². The highest BCUT2D eigenvalue weighted by Gasteiger charge is 2.16. The molecule has 3 N–H and O–H groups in total. The zero-order valence-electron chi connectivity index (χ0n) is 10.3. The maximum atomic E-state index is 11.5. The molecule has 0 aromatic carbocycles. The van der Waals surface area contributed by atoms with E-state index >= 15 is 0 Å². The fourth-order valence-corrected chi connectivity index (χ4v) is 2.52. The summed E-state index contributed by atoms with van der Waals surface area (Å²) in [4.78, 5) is 27.8. The van der Waals surface area contributed by atoms with Crippen LogP contribution in [-0.4, -0.2) is 37.2 Å². The first kappa shape index (κ1) is 15.7. The normalized spacial score (nSPS) is 12.9. The van der Waals surface area contributed by atoms with Crippen molar-refractivity contribution < 1.29 is 14.3 Å². The Balaban J connectivity index is 0.00000180. The van der Waals surface area contributed by atoms with Crippen LogP contribution in [0.3, 0.4) is 0 Å². The largest absolute Gasteiger partial charge is 0.468 e. The summed E-state index contributed by atoms with van der Waals surface area (Å²) in [5.74, 6) is -0.493. The highest BCUT2D eigenvalue weighted by atomic mass is 35.5. The van der Waals surface area contributed by atoms with Gasteiger partial charge in [0.25, 0.3) is 0 Å². The van der Waals surface area contributed by atoms with Crippen molar-refractivity contribution in [2.45, 2.75) is 13.0 Å². The monoisotopic (exact) mass is 306 g/mol. The van der Waals surface area contributed by atoms with Crippen molar-refractivity contribution in [3.8, 4) is 0 Å². The van der Waals surface area contributed by atoms with E-state index in [-0.39, 0.29) is 19.0 Å². The van der Waals surface area contributed by atoms with Gasteiger partial charge in [0.05, 0.1) is 12.8 Å². The van der Waals surface area contributed by atoms with Gasteiger partial charge in [0, 0.05) is 24.4 Å². The summed E-state index contributed by atoms with van der Waals surface area (Å²) in [7, 11) is 1.27. The number of aromatic nitrogens is 1. The molecule has 0 saturated carbocycles. The van der Waals surface area contributed by atoms with E-state index in [1.807, 2.05) is 0 Å². The Hall–Kier alpha value is -1.38. The summed E-state index contributed by atoms with van der Waals surface area (Å²) >= 11 is 1.44. The number of nitrogens with one attached hydrogen (secondary N) is 3. The van der Waals surface area contributed by atoms with Crippen LogP contribution >= 0.6 is 23.7 Å². The SMILES string of the molecule is COC(=O)CNC(=O)Nc1nc2c(s1)CNCC2.Cl. The van der Waals surface area contributed by atoms with Gasteiger partial charge in [0.2, 0.25) is 0 Å². The van der Waals surface area contributed by atoms with Crippen LogP contribution in [0.25, 0.3) is 0 Å². The molecule has 1 aromatic rings. The minimum Gasteiger partial charge on any atom is -0.468 e. The highest BCUT2D eigenvalue weighted by molar-refractivity contribution is 7.15. The smallest absolute Gasteiger partial charge is 0.325 e. The molecular formula is C10H15ClN4O3S. The summed E-state index contributed by atoms with van der Waals surface area (Å²) < 4.78 is 4.41. The predicted octanol–water partition coefficient (Wildman–Crippen LogP) is 0.505. The van der Waals surface area contributed by atoms with Crippen molar-refractivity contribution in [3.05, 3.63) is 10.6 Å². The van der Waals surface area contributed by atoms with Gasteiger partial charge in [0.15, 0.2) is 5.13 Å². The van der Waals surface area contributed by atoms with Crippen molar-refractivity contribution >= 4 is 40.9 Å². The minimum absolute atomic E-state index is 0. The van der Waals surface area contributed by atoms with Crippen LogP contribution in [0.5, 0.6) is 0 Å². The number of fused-ring (bicyclic) bond motifs is 1. The van der Waals surface area contributed by atoms with E-state index in [1.165, 1.54) is 18.4 Å². The van der Waals surface area contributed by atoms with E-state index < -0.39 is 12.0 Å². The fourth-order valence-electron chi connectivity index (χ4n) is 1.54. The number of nitrogens with zero attached hydrogens (tertiary/aromatic N) is 1. The van der Waals surface area contributed by atoms with Crippen molar-refractivity contribution in [1.29, 1.82) is 0 Å². The van der Waals surface area contributed by atoms with E-state index in [0.29, 0.717) is 5.13 Å². The molecule has 0 bridgehead atoms. The lowest BCUT2D eigenvalue weighted by Gasteiger charge is -2.09. The molecule has 0 saturated heterocycles. The number of hydrogen-bond donors (Lipinski definition) is 3. The second-order valence-electron chi connectivity index (χ2n) is 3.70. The Kier molecular flexibility index (Phi) is 6.00. The molecule has 7 nitrogen and oxygen atoms in total. The molecule has 19 heavy (non-hydrogen) atoms. The number of halogens is 1. The van der Waals surface area contributed by atoms with E-state index in [0.717, 1.165) is 30.1 Å². The molecule has 0 atom stereocenters. The molecule has 106 valence electrons. The molecule has 0 fully saturated rings. The van der Waals surface area contributed by atoms with Crippen LogP contribution in [-0.2, 0) is 22.5 Å². The van der Waals surface area contributed by atoms with E-state index in [1.54, 1.807) is 0 Å². The van der Waals surface area contributed by atoms with Gasteiger partial charge in [-0.1, -0.05) is 0 Å². The zero-order chi connectivity index (χ0) is 13.0. The lowest BCUT2D eigenvalue weighted by atomic mass is 10.2. The number of hydrogen-bond acceptors (Lipinski definition) is 6. The molecule has 0 unspecified atom stereocenters. The number of carbonyl (C=O) groups is 2. The molecule has 2 rings (SSSR count). The van der Waals surface area contributed by atoms with Gasteiger partial charge in [-0.15, -0.1) is 23.7 Å². The molecule has 2 heterocycles. The summed E-state index contributed by atoms with van der Waals surface area (Å²) in [5, 5.41) is 8.77. The maximum absolute atomic E-state index is 11.5. The van der Waals surface area contributed by atoms with Gasteiger partial charge in [-0.25, -0.2) is 9.78 Å². The summed E-state index contributed by atoms with van der Waals surface area (Å²) in [6, 6.07) is -0.459. The summed E-state index contributed by atoms with van der Waals surface area (Å²) in [6.07, 6.45) is 0.872. The van der Waals surface area contributed by atoms with Gasteiger partial charge in [-0.05, 0) is 0 Å². The number of esters is 1. The number of carbonyl (C=O) groups excluding carboxylic acids is 2. The highest BCUT2D eigenvalue weighted by Crippen LogP contribution is 2.25. The number of anilines is 1. The predicted molar refractivity (Wildman–Crippen MR) is 73.8 cm³/mol. The van der Waals surface area contributed by atoms with Gasteiger partial charge < -0.3 is 15.4 Å². The average Bonchev–Trinajstić information content (AvgIpc) is 2.77. The molecule has 1 aromatic heterocycles. The number of thiazole rings is 1. The average molecular weight is 307 g/mol. The topological polar surface area (TPSA) is 92.3 Å². The molecule has 0 aliphatic carbocycles. The Labute approximate surface area is 120 Å². The molecule has 2 amide bonds. The number of methoxy groups -OCH3 is 1. The minimum atomic E-state index is -0.493. The summed E-state index contributed by atoms with van der Waals surface area (Å²) in [6.45, 7) is 1.54. The van der Waals surface area contributed by atoms with Gasteiger partial charge in [-0.3, -0.25) is 10.1 Å². The lowest BCUT2D eigenvalue weighted by molar-refractivity contribution is -0.139. The first-order valence-electron chi connectivity index (χ1n) is 5.50. The third-order valence-corrected chi connectivity index (χ3v) is 3.46. The van der Waals surface area contributed by atoms with E-state index in [9.17, 15) is 9.59 Å². The van der Waals surface area contributed by atoms with Crippen LogP contribution in [0, 0.1) is 0 Å². The molecule has 1 aliphatic rings. The standard InChI is InChI=1S/C10H14N4O3S.ClH/c1-17-8(15)5-12-9(16)14-10-13-6-2-3-11-4-7(6)18-10;/h11H,2-5H2,1H3,(H2,12,13,14,16);1H. The van der Waals surface area contributed by atoms with E-state index in [4.69, 9.17) is 0 Å². The van der Waals surface area contributed by atoms with Crippen LogP contribution in [0.2, 0.25) is 0 Å². The zero-order valence-corrected chi connectivity index (χ0v) is 11.9. The third-order valence-electron chi connectivity index (χ3n) is 2.44. The van der Waals surface area contributed by atoms with Gasteiger partial charge in [-0.2, -0.15) is 0 Å². The third kappa shape index (κ3) is 4.34. The van der Waals surface area contributed by atoms with Crippen LogP contribution < -0.4 is 16.0 Å². The maximum Gasteiger partial charge on any atom is 0.325 e. The fraction of sp³-hybridized carbons (Fsp3) is 0.500. The first-order valence-corrected chi connectivity index (χ1v) is 6.31. The van der Waals surface area contributed by atoms with Crippen molar-refractivity contribution in [3.63, 3.8) is 0 Å². The van der Waals surface area contributed by atoms with Crippen molar-refractivity contribution in [1.82, 2.24) is 15.6 Å². The molecule has 0 spiro atoms. The Morgan fingerprint density at radius 1 is 1.53 bits per heavy atom. The summed E-state index contributed by atoms with van der Waals surface area (Å²) in [5.41, 5.74) is 1.03. The van der Waals surface area contributed by atoms with E-state index in [2.05, 4.69) is 25.7 Å². The Bertz CT molecular complexity index is 442. The van der Waals surface area contributed by atoms with Gasteiger partial charge in [0.1, 0.15) is 6.54 Å². The lowest BCUT2D eigenvalue weighted by Crippen LogP contribution is -2.33. The Morgan fingerprint density at radius 3 is 3.00 bits per heavy atom. The quantitative estimate of drug-likeness (QED) is 0.708. The Morgan fingerprint density at radius 2 is 2.32 bits per heavy atom. The molecule has 1 aliphatic heterocycles. The molecule has 9 heteroatoms. The number of amides is 2. The van der Waals surface area contributed by atoms with Crippen molar-refractivity contribution in [2.24, 2.45) is 0 Å². The number of urea groups is 1. The molecular weight excluding hydrogens is 292 g/mol. The molecule has 0 radical (unpaired) electrons. The van der Waals surface area contributed by atoms with Gasteiger partial charge >= 0.3 is 12.0 Å². The second-order valence-corrected chi connectivity index (χ2v) is 4.78. The van der Waals surface area contributed by atoms with Crippen LogP contribution in [0.1, 0.15) is 10.6 Å². The first-order chi connectivity index (χ1) is 8.69. The number of ether oxygens (including phenoxy) is 1. The van der Waals surface area contributed by atoms with Crippen molar-refractivity contribution in [2.75, 3.05) is 25.5 Å². The van der Waals surface area contributed by atoms with Crippen LogP contribution in [0.15, 0.2) is 0 Å². The number of rotatable bonds is 3. The second kappa shape index (κ2) is 7.27.